The number of rotatable bonds is 4. The number of aromatic carboxylic acids is 1. The standard InChI is InChI=1S/C11H14O5S/c12-11(13)10-6-5-8(16-10)7-17(14,15)9-3-1-2-4-9/h5-6,9H,1-4,7H2,(H,12,13). The average molecular weight is 258 g/mol. The Kier molecular flexibility index (Phi) is 3.24. The average Bonchev–Trinajstić information content (AvgIpc) is 2.85. The number of hydrogen-bond acceptors (Lipinski definition) is 4. The van der Waals surface area contributed by atoms with Gasteiger partial charge < -0.3 is 9.52 Å². The van der Waals surface area contributed by atoms with E-state index in [4.69, 9.17) is 9.52 Å². The van der Waals surface area contributed by atoms with E-state index in [0.717, 1.165) is 12.8 Å². The second kappa shape index (κ2) is 4.52. The molecule has 0 spiro atoms. The van der Waals surface area contributed by atoms with Crippen molar-refractivity contribution in [2.45, 2.75) is 36.7 Å². The molecule has 0 amide bonds. The molecule has 2 rings (SSSR count). The molecule has 1 N–H and O–H groups in total. The highest BCUT2D eigenvalue weighted by atomic mass is 32.2. The fourth-order valence-electron chi connectivity index (χ4n) is 2.13. The van der Waals surface area contributed by atoms with Gasteiger partial charge in [-0.05, 0) is 25.0 Å². The number of sulfone groups is 1. The van der Waals surface area contributed by atoms with Gasteiger partial charge in [-0.25, -0.2) is 13.2 Å². The Bertz CT molecular complexity index is 508. The van der Waals surface area contributed by atoms with Crippen LogP contribution in [0.25, 0.3) is 0 Å². The van der Waals surface area contributed by atoms with Gasteiger partial charge >= 0.3 is 5.97 Å². The molecule has 17 heavy (non-hydrogen) atoms. The van der Waals surface area contributed by atoms with Crippen LogP contribution >= 0.6 is 0 Å². The fourth-order valence-corrected chi connectivity index (χ4v) is 3.97. The monoisotopic (exact) mass is 258 g/mol. The van der Waals surface area contributed by atoms with E-state index in [-0.39, 0.29) is 22.5 Å². The van der Waals surface area contributed by atoms with Gasteiger partial charge in [-0.1, -0.05) is 12.8 Å². The normalized spacial score (nSPS) is 17.4. The highest BCUT2D eigenvalue weighted by molar-refractivity contribution is 7.91. The molecule has 1 aromatic rings. The highest BCUT2D eigenvalue weighted by Gasteiger charge is 2.29. The molecule has 94 valence electrons. The number of carbonyl (C=O) groups is 1. The summed E-state index contributed by atoms with van der Waals surface area (Å²) in [5.74, 6) is -1.41. The fraction of sp³-hybridized carbons (Fsp3) is 0.545. The van der Waals surface area contributed by atoms with E-state index >= 15 is 0 Å². The molecule has 0 radical (unpaired) electrons. The Morgan fingerprint density at radius 1 is 1.35 bits per heavy atom. The van der Waals surface area contributed by atoms with Gasteiger partial charge in [-0.15, -0.1) is 0 Å². The van der Waals surface area contributed by atoms with Crippen molar-refractivity contribution in [3.8, 4) is 0 Å². The van der Waals surface area contributed by atoms with Gasteiger partial charge in [-0.2, -0.15) is 0 Å². The van der Waals surface area contributed by atoms with Crippen molar-refractivity contribution in [2.24, 2.45) is 0 Å². The Balaban J connectivity index is 2.11. The van der Waals surface area contributed by atoms with Gasteiger partial charge in [0.1, 0.15) is 11.5 Å². The van der Waals surface area contributed by atoms with E-state index in [9.17, 15) is 13.2 Å². The van der Waals surface area contributed by atoms with Crippen molar-refractivity contribution in [1.29, 1.82) is 0 Å². The summed E-state index contributed by atoms with van der Waals surface area (Å²) in [6.45, 7) is 0. The molecule has 0 unspecified atom stereocenters. The summed E-state index contributed by atoms with van der Waals surface area (Å²) in [6.07, 6.45) is 3.30. The molecular formula is C11H14O5S. The molecule has 1 aliphatic rings. The largest absolute Gasteiger partial charge is 0.475 e. The number of carboxylic acid groups (broad SMARTS) is 1. The van der Waals surface area contributed by atoms with Crippen LogP contribution in [-0.2, 0) is 15.6 Å². The van der Waals surface area contributed by atoms with Crippen LogP contribution in [-0.4, -0.2) is 24.7 Å². The third-order valence-electron chi connectivity index (χ3n) is 3.03. The van der Waals surface area contributed by atoms with Crippen molar-refractivity contribution in [1.82, 2.24) is 0 Å². The zero-order valence-electron chi connectivity index (χ0n) is 9.26. The molecule has 6 heteroatoms. The first kappa shape index (κ1) is 12.2. The van der Waals surface area contributed by atoms with Crippen LogP contribution in [0.2, 0.25) is 0 Å². The number of hydrogen-bond donors (Lipinski definition) is 1. The van der Waals surface area contributed by atoms with Gasteiger partial charge in [0, 0.05) is 0 Å². The molecule has 1 aliphatic carbocycles. The van der Waals surface area contributed by atoms with E-state index in [0.29, 0.717) is 12.8 Å². The van der Waals surface area contributed by atoms with E-state index < -0.39 is 15.8 Å². The van der Waals surface area contributed by atoms with Gasteiger partial charge in [0.15, 0.2) is 9.84 Å². The van der Waals surface area contributed by atoms with Crippen LogP contribution in [0.15, 0.2) is 16.5 Å². The summed E-state index contributed by atoms with van der Waals surface area (Å²) < 4.78 is 28.9. The third kappa shape index (κ3) is 2.69. The zero-order valence-corrected chi connectivity index (χ0v) is 10.1. The maximum Gasteiger partial charge on any atom is 0.371 e. The Morgan fingerprint density at radius 2 is 2.00 bits per heavy atom. The summed E-state index contributed by atoms with van der Waals surface area (Å²) in [6, 6.07) is 2.69. The number of carboxylic acids is 1. The number of furan rings is 1. The molecule has 5 nitrogen and oxygen atoms in total. The smallest absolute Gasteiger partial charge is 0.371 e. The minimum absolute atomic E-state index is 0.203. The molecule has 0 atom stereocenters. The van der Waals surface area contributed by atoms with E-state index in [1.807, 2.05) is 0 Å². The molecule has 1 saturated carbocycles. The molecule has 1 aromatic heterocycles. The summed E-state index contributed by atoms with van der Waals surface area (Å²) >= 11 is 0. The second-order valence-corrected chi connectivity index (χ2v) is 6.57. The van der Waals surface area contributed by atoms with Crippen LogP contribution < -0.4 is 0 Å². The van der Waals surface area contributed by atoms with E-state index in [1.165, 1.54) is 12.1 Å². The Morgan fingerprint density at radius 3 is 2.53 bits per heavy atom. The van der Waals surface area contributed by atoms with Crippen molar-refractivity contribution in [3.05, 3.63) is 23.7 Å². The minimum Gasteiger partial charge on any atom is -0.475 e. The first-order valence-electron chi connectivity index (χ1n) is 5.52. The van der Waals surface area contributed by atoms with Crippen molar-refractivity contribution in [3.63, 3.8) is 0 Å². The summed E-state index contributed by atoms with van der Waals surface area (Å²) in [5, 5.41) is 8.37. The lowest BCUT2D eigenvalue weighted by molar-refractivity contribution is 0.0660. The van der Waals surface area contributed by atoms with E-state index in [1.54, 1.807) is 0 Å². The van der Waals surface area contributed by atoms with Crippen LogP contribution in [0.5, 0.6) is 0 Å². The first-order valence-corrected chi connectivity index (χ1v) is 7.24. The first-order chi connectivity index (χ1) is 7.99. The quantitative estimate of drug-likeness (QED) is 0.890. The SMILES string of the molecule is O=C(O)c1ccc(CS(=O)(=O)C2CCCC2)o1. The van der Waals surface area contributed by atoms with Crippen LogP contribution in [0.4, 0.5) is 0 Å². The molecule has 0 aromatic carbocycles. The maximum absolute atomic E-state index is 12.0. The molecule has 1 heterocycles. The van der Waals surface area contributed by atoms with Crippen molar-refractivity contribution in [2.75, 3.05) is 0 Å². The molecule has 0 saturated heterocycles. The Labute approximate surface area is 99.4 Å². The van der Waals surface area contributed by atoms with Crippen molar-refractivity contribution >= 4 is 15.8 Å². The predicted octanol–water partition coefficient (Wildman–Crippen LogP) is 1.84. The van der Waals surface area contributed by atoms with E-state index in [2.05, 4.69) is 0 Å². The van der Waals surface area contributed by atoms with Crippen molar-refractivity contribution < 1.29 is 22.7 Å². The lowest BCUT2D eigenvalue weighted by atomic mass is 10.4. The molecule has 0 bridgehead atoms. The highest BCUT2D eigenvalue weighted by Crippen LogP contribution is 2.27. The predicted molar refractivity (Wildman–Crippen MR) is 60.5 cm³/mol. The Hall–Kier alpha value is -1.30. The zero-order chi connectivity index (χ0) is 12.5. The maximum atomic E-state index is 12.0. The topological polar surface area (TPSA) is 84.6 Å². The summed E-state index contributed by atoms with van der Waals surface area (Å²) in [7, 11) is -3.21. The van der Waals surface area contributed by atoms with Crippen LogP contribution in [0.3, 0.4) is 0 Å². The third-order valence-corrected chi connectivity index (χ3v) is 5.20. The van der Waals surface area contributed by atoms with Gasteiger partial charge in [0.05, 0.1) is 5.25 Å². The molecule has 0 aliphatic heterocycles. The lowest BCUT2D eigenvalue weighted by Gasteiger charge is -2.08. The molecular weight excluding hydrogens is 244 g/mol. The summed E-state index contributed by atoms with van der Waals surface area (Å²) in [5.41, 5.74) is 0. The van der Waals surface area contributed by atoms with Gasteiger partial charge in [-0.3, -0.25) is 0 Å². The lowest BCUT2D eigenvalue weighted by Crippen LogP contribution is -2.19. The second-order valence-electron chi connectivity index (χ2n) is 4.28. The molecule has 1 fully saturated rings. The van der Waals surface area contributed by atoms with Crippen LogP contribution in [0, 0.1) is 0 Å². The van der Waals surface area contributed by atoms with Gasteiger partial charge in [0.2, 0.25) is 5.76 Å². The van der Waals surface area contributed by atoms with Gasteiger partial charge in [0.25, 0.3) is 0 Å². The summed E-state index contributed by atoms with van der Waals surface area (Å²) in [4.78, 5) is 10.6. The minimum atomic E-state index is -3.21. The van der Waals surface area contributed by atoms with Crippen LogP contribution in [0.1, 0.15) is 42.0 Å².